The second-order valence-electron chi connectivity index (χ2n) is 4.43. The molecule has 0 atom stereocenters. The van der Waals surface area contributed by atoms with Crippen molar-refractivity contribution >= 4 is 45.6 Å². The number of hydrogen-bond acceptors (Lipinski definition) is 3. The van der Waals surface area contributed by atoms with Gasteiger partial charge in [0.1, 0.15) is 0 Å². The monoisotopic (exact) mass is 312 g/mol. The average Bonchev–Trinajstić information content (AvgIpc) is 3.11. The molecule has 1 aromatic heterocycles. The molecular formula is C13H10Cl2N2OS. The summed E-state index contributed by atoms with van der Waals surface area (Å²) in [6.45, 7) is 0. The van der Waals surface area contributed by atoms with Gasteiger partial charge in [0.2, 0.25) is 5.91 Å². The van der Waals surface area contributed by atoms with Gasteiger partial charge in [0.05, 0.1) is 10.7 Å². The fourth-order valence-electron chi connectivity index (χ4n) is 1.71. The molecule has 0 radical (unpaired) electrons. The van der Waals surface area contributed by atoms with Crippen molar-refractivity contribution in [1.29, 1.82) is 0 Å². The summed E-state index contributed by atoms with van der Waals surface area (Å²) in [5.41, 5.74) is 1.56. The zero-order valence-corrected chi connectivity index (χ0v) is 12.1. The van der Waals surface area contributed by atoms with Crippen molar-refractivity contribution in [3.05, 3.63) is 33.6 Å². The minimum absolute atomic E-state index is 0.0584. The highest BCUT2D eigenvalue weighted by atomic mass is 35.5. The van der Waals surface area contributed by atoms with Crippen LogP contribution in [0.5, 0.6) is 0 Å². The number of carbonyl (C=O) groups is 1. The normalized spacial score (nSPS) is 14.4. The van der Waals surface area contributed by atoms with Crippen molar-refractivity contribution in [2.45, 2.75) is 12.8 Å². The van der Waals surface area contributed by atoms with Crippen LogP contribution in [0.25, 0.3) is 11.3 Å². The number of carbonyl (C=O) groups excluding carboxylic acids is 1. The van der Waals surface area contributed by atoms with Crippen molar-refractivity contribution < 1.29 is 4.79 Å². The van der Waals surface area contributed by atoms with Crippen LogP contribution in [0.2, 0.25) is 10.0 Å². The van der Waals surface area contributed by atoms with Crippen LogP contribution in [0, 0.1) is 5.92 Å². The Balaban J connectivity index is 1.81. The molecule has 1 N–H and O–H groups in total. The average molecular weight is 313 g/mol. The summed E-state index contributed by atoms with van der Waals surface area (Å²) in [6, 6.07) is 5.27. The molecule has 1 fully saturated rings. The van der Waals surface area contributed by atoms with Crippen molar-refractivity contribution in [1.82, 2.24) is 4.98 Å². The number of nitrogens with zero attached hydrogens (tertiary/aromatic N) is 1. The fraction of sp³-hybridized carbons (Fsp3) is 0.231. The van der Waals surface area contributed by atoms with Gasteiger partial charge in [-0.05, 0) is 31.0 Å². The van der Waals surface area contributed by atoms with E-state index in [1.807, 2.05) is 11.4 Å². The second kappa shape index (κ2) is 5.12. The Morgan fingerprint density at radius 1 is 1.37 bits per heavy atom. The van der Waals surface area contributed by atoms with E-state index in [2.05, 4.69) is 10.3 Å². The Morgan fingerprint density at radius 2 is 2.16 bits per heavy atom. The van der Waals surface area contributed by atoms with Crippen molar-refractivity contribution in [2.24, 2.45) is 5.92 Å². The number of hydrogen-bond donors (Lipinski definition) is 1. The summed E-state index contributed by atoms with van der Waals surface area (Å²) in [6.07, 6.45) is 1.96. The molecule has 3 nitrogen and oxygen atoms in total. The maximum Gasteiger partial charge on any atom is 0.229 e. The summed E-state index contributed by atoms with van der Waals surface area (Å²) < 4.78 is 0. The third-order valence-electron chi connectivity index (χ3n) is 2.89. The van der Waals surface area contributed by atoms with Crippen molar-refractivity contribution in [2.75, 3.05) is 5.32 Å². The largest absolute Gasteiger partial charge is 0.302 e. The minimum atomic E-state index is 0.0584. The van der Waals surface area contributed by atoms with Crippen molar-refractivity contribution in [3.8, 4) is 11.3 Å². The van der Waals surface area contributed by atoms with E-state index in [9.17, 15) is 4.79 Å². The summed E-state index contributed by atoms with van der Waals surface area (Å²) in [4.78, 5) is 16.0. The number of benzene rings is 1. The number of anilines is 1. The lowest BCUT2D eigenvalue weighted by Crippen LogP contribution is -2.12. The Kier molecular flexibility index (Phi) is 3.48. The summed E-state index contributed by atoms with van der Waals surface area (Å²) >= 11 is 13.4. The van der Waals surface area contributed by atoms with E-state index in [1.54, 1.807) is 12.1 Å². The number of nitrogens with one attached hydrogen (secondary N) is 1. The van der Waals surface area contributed by atoms with Crippen LogP contribution in [0.3, 0.4) is 0 Å². The lowest BCUT2D eigenvalue weighted by atomic mass is 10.2. The first-order chi connectivity index (χ1) is 9.13. The van der Waals surface area contributed by atoms with E-state index in [1.165, 1.54) is 11.3 Å². The quantitative estimate of drug-likeness (QED) is 0.908. The third-order valence-corrected chi connectivity index (χ3v) is 4.20. The first-order valence-electron chi connectivity index (χ1n) is 5.85. The summed E-state index contributed by atoms with van der Waals surface area (Å²) in [5.74, 6) is 0.231. The zero-order valence-electron chi connectivity index (χ0n) is 9.82. The summed E-state index contributed by atoms with van der Waals surface area (Å²) in [7, 11) is 0. The molecule has 0 bridgehead atoms. The molecule has 1 aliphatic carbocycles. The van der Waals surface area contributed by atoms with Crippen LogP contribution < -0.4 is 5.32 Å². The molecule has 1 heterocycles. The highest BCUT2D eigenvalue weighted by Crippen LogP contribution is 2.34. The smallest absolute Gasteiger partial charge is 0.229 e. The van der Waals surface area contributed by atoms with Crippen molar-refractivity contribution in [3.63, 3.8) is 0 Å². The fourth-order valence-corrected chi connectivity index (χ4v) is 2.92. The molecule has 19 heavy (non-hydrogen) atoms. The Bertz CT molecular complexity index is 637. The minimum Gasteiger partial charge on any atom is -0.302 e. The van der Waals surface area contributed by atoms with Gasteiger partial charge in [0.25, 0.3) is 0 Å². The van der Waals surface area contributed by atoms with E-state index in [-0.39, 0.29) is 11.8 Å². The van der Waals surface area contributed by atoms with Gasteiger partial charge in [0.15, 0.2) is 5.13 Å². The molecule has 2 aromatic rings. The lowest BCUT2D eigenvalue weighted by molar-refractivity contribution is -0.117. The second-order valence-corrected chi connectivity index (χ2v) is 6.13. The maximum atomic E-state index is 11.6. The predicted octanol–water partition coefficient (Wildman–Crippen LogP) is 4.47. The van der Waals surface area contributed by atoms with Gasteiger partial charge in [0, 0.05) is 21.9 Å². The van der Waals surface area contributed by atoms with Gasteiger partial charge in [-0.15, -0.1) is 11.3 Å². The van der Waals surface area contributed by atoms with E-state index in [4.69, 9.17) is 23.2 Å². The Hall–Kier alpha value is -1.10. The van der Waals surface area contributed by atoms with Gasteiger partial charge in [-0.1, -0.05) is 23.2 Å². The third kappa shape index (κ3) is 2.91. The van der Waals surface area contributed by atoms with Crippen LogP contribution in [-0.2, 0) is 4.79 Å². The Morgan fingerprint density at radius 3 is 2.84 bits per heavy atom. The molecule has 98 valence electrons. The number of aromatic nitrogens is 1. The molecule has 0 unspecified atom stereocenters. The molecular weight excluding hydrogens is 303 g/mol. The molecule has 0 spiro atoms. The first kappa shape index (κ1) is 12.9. The first-order valence-corrected chi connectivity index (χ1v) is 7.49. The number of halogens is 2. The van der Waals surface area contributed by atoms with Crippen LogP contribution in [0.1, 0.15) is 12.8 Å². The van der Waals surface area contributed by atoms with Gasteiger partial charge in [-0.25, -0.2) is 4.98 Å². The molecule has 1 aliphatic rings. The van der Waals surface area contributed by atoms with Crippen LogP contribution in [0.4, 0.5) is 5.13 Å². The predicted molar refractivity (Wildman–Crippen MR) is 78.9 cm³/mol. The van der Waals surface area contributed by atoms with Gasteiger partial charge in [-0.2, -0.15) is 0 Å². The highest BCUT2D eigenvalue weighted by molar-refractivity contribution is 7.14. The number of amides is 1. The van der Waals surface area contributed by atoms with E-state index in [0.29, 0.717) is 15.2 Å². The van der Waals surface area contributed by atoms with Gasteiger partial charge in [-0.3, -0.25) is 4.79 Å². The van der Waals surface area contributed by atoms with Crippen LogP contribution >= 0.6 is 34.5 Å². The molecule has 1 aromatic carbocycles. The standard InChI is InChI=1S/C13H10Cl2N2OS/c14-8-3-4-9(10(15)5-8)11-6-19-13(16-11)17-12(18)7-1-2-7/h3-7H,1-2H2,(H,16,17,18). The van der Waals surface area contributed by atoms with E-state index in [0.717, 1.165) is 24.1 Å². The topological polar surface area (TPSA) is 42.0 Å². The Labute approximate surface area is 124 Å². The molecule has 3 rings (SSSR count). The lowest BCUT2D eigenvalue weighted by Gasteiger charge is -2.01. The maximum absolute atomic E-state index is 11.6. The van der Waals surface area contributed by atoms with E-state index >= 15 is 0 Å². The van der Waals surface area contributed by atoms with Gasteiger partial charge >= 0.3 is 0 Å². The number of thiazole rings is 1. The molecule has 0 saturated heterocycles. The van der Waals surface area contributed by atoms with Crippen LogP contribution in [0.15, 0.2) is 23.6 Å². The zero-order chi connectivity index (χ0) is 13.4. The van der Waals surface area contributed by atoms with E-state index < -0.39 is 0 Å². The van der Waals surface area contributed by atoms with Crippen LogP contribution in [-0.4, -0.2) is 10.9 Å². The van der Waals surface area contributed by atoms with Gasteiger partial charge < -0.3 is 5.32 Å². The molecule has 1 amide bonds. The SMILES string of the molecule is O=C(Nc1nc(-c2ccc(Cl)cc2Cl)cs1)C1CC1. The molecule has 0 aliphatic heterocycles. The summed E-state index contributed by atoms with van der Waals surface area (Å²) in [5, 5.41) is 6.45. The number of rotatable bonds is 3. The highest BCUT2D eigenvalue weighted by Gasteiger charge is 2.30. The molecule has 1 saturated carbocycles. The molecule has 6 heteroatoms.